The maximum atomic E-state index is 12.8. The van der Waals surface area contributed by atoms with E-state index >= 15 is 0 Å². The summed E-state index contributed by atoms with van der Waals surface area (Å²) >= 11 is 0. The molecule has 1 heterocycles. The number of aliphatic hydroxyl groups excluding tert-OH is 5. The Morgan fingerprint density at radius 2 is 1.27 bits per heavy atom. The summed E-state index contributed by atoms with van der Waals surface area (Å²) < 4.78 is 11.1. The number of ether oxygens (including phenoxy) is 2. The highest BCUT2D eigenvalue weighted by molar-refractivity contribution is 5.76. The Bertz CT molecular complexity index is 947. The molecule has 1 fully saturated rings. The van der Waals surface area contributed by atoms with Crippen molar-refractivity contribution in [2.45, 2.75) is 172 Å². The van der Waals surface area contributed by atoms with Gasteiger partial charge in [0.05, 0.1) is 25.4 Å². The van der Waals surface area contributed by atoms with Gasteiger partial charge in [0, 0.05) is 6.42 Å². The zero-order chi connectivity index (χ0) is 36.0. The van der Waals surface area contributed by atoms with Crippen molar-refractivity contribution in [3.05, 3.63) is 60.8 Å². The maximum Gasteiger partial charge on any atom is 0.220 e. The number of amides is 1. The lowest BCUT2D eigenvalue weighted by Crippen LogP contribution is -2.60. The first-order valence-electron chi connectivity index (χ1n) is 19.0. The van der Waals surface area contributed by atoms with Gasteiger partial charge in [0.1, 0.15) is 24.4 Å². The predicted octanol–water partition coefficient (Wildman–Crippen LogP) is 6.49. The molecule has 1 amide bonds. The van der Waals surface area contributed by atoms with Crippen LogP contribution >= 0.6 is 0 Å². The van der Waals surface area contributed by atoms with E-state index in [0.29, 0.717) is 6.42 Å². The van der Waals surface area contributed by atoms with Crippen molar-refractivity contribution < 1.29 is 39.8 Å². The molecule has 1 aliphatic heterocycles. The van der Waals surface area contributed by atoms with Gasteiger partial charge in [-0.15, -0.1) is 0 Å². The van der Waals surface area contributed by atoms with Crippen LogP contribution in [0.4, 0.5) is 0 Å². The lowest BCUT2D eigenvalue weighted by molar-refractivity contribution is -0.302. The third-order valence-electron chi connectivity index (χ3n) is 8.52. The molecule has 0 aromatic carbocycles. The fourth-order valence-electron chi connectivity index (χ4n) is 5.40. The Morgan fingerprint density at radius 3 is 1.92 bits per heavy atom. The minimum atomic E-state index is -1.58. The summed E-state index contributed by atoms with van der Waals surface area (Å²) in [5, 5.41) is 53.8. The van der Waals surface area contributed by atoms with Crippen LogP contribution in [0.5, 0.6) is 0 Å². The van der Waals surface area contributed by atoms with Crippen molar-refractivity contribution in [1.29, 1.82) is 0 Å². The summed E-state index contributed by atoms with van der Waals surface area (Å²) in [4.78, 5) is 12.8. The van der Waals surface area contributed by atoms with Crippen molar-refractivity contribution in [3.63, 3.8) is 0 Å². The Hall–Kier alpha value is -2.11. The van der Waals surface area contributed by atoms with Crippen molar-refractivity contribution >= 4 is 5.91 Å². The van der Waals surface area contributed by atoms with Gasteiger partial charge in [0.25, 0.3) is 0 Å². The average molecular weight is 692 g/mol. The molecular weight excluding hydrogens is 622 g/mol. The minimum absolute atomic E-state index is 0.212. The summed E-state index contributed by atoms with van der Waals surface area (Å²) in [5.41, 5.74) is 0. The molecule has 282 valence electrons. The number of allylic oxidation sites excluding steroid dienone is 9. The van der Waals surface area contributed by atoms with E-state index in [4.69, 9.17) is 9.47 Å². The van der Waals surface area contributed by atoms with Gasteiger partial charge in [-0.3, -0.25) is 4.79 Å². The molecule has 9 heteroatoms. The second-order valence-corrected chi connectivity index (χ2v) is 13.0. The average Bonchev–Trinajstić information content (AvgIpc) is 3.10. The Morgan fingerprint density at radius 1 is 0.694 bits per heavy atom. The fraction of sp³-hybridized carbons (Fsp3) is 0.725. The third-order valence-corrected chi connectivity index (χ3v) is 8.52. The Labute approximate surface area is 296 Å². The van der Waals surface area contributed by atoms with E-state index in [0.717, 1.165) is 83.5 Å². The molecule has 0 saturated carbocycles. The van der Waals surface area contributed by atoms with E-state index in [1.165, 1.54) is 25.7 Å². The maximum absolute atomic E-state index is 12.8. The van der Waals surface area contributed by atoms with Crippen LogP contribution in [0.15, 0.2) is 60.8 Å². The van der Waals surface area contributed by atoms with Crippen molar-refractivity contribution in [1.82, 2.24) is 5.32 Å². The normalized spacial score (nSPS) is 23.1. The predicted molar refractivity (Wildman–Crippen MR) is 198 cm³/mol. The van der Waals surface area contributed by atoms with Gasteiger partial charge in [-0.05, 0) is 70.6 Å². The molecular formula is C40H69NO8. The number of rotatable bonds is 29. The quantitative estimate of drug-likeness (QED) is 0.0385. The van der Waals surface area contributed by atoms with E-state index in [1.54, 1.807) is 6.08 Å². The van der Waals surface area contributed by atoms with E-state index in [2.05, 4.69) is 67.8 Å². The topological polar surface area (TPSA) is 149 Å². The van der Waals surface area contributed by atoms with E-state index < -0.39 is 49.5 Å². The van der Waals surface area contributed by atoms with E-state index in [9.17, 15) is 30.3 Å². The lowest BCUT2D eigenvalue weighted by Gasteiger charge is -2.40. The first-order chi connectivity index (χ1) is 23.8. The second-order valence-electron chi connectivity index (χ2n) is 13.0. The van der Waals surface area contributed by atoms with E-state index in [1.807, 2.05) is 6.08 Å². The second kappa shape index (κ2) is 30.7. The number of carbonyl (C=O) groups is 1. The van der Waals surface area contributed by atoms with Crippen LogP contribution in [0.2, 0.25) is 0 Å². The van der Waals surface area contributed by atoms with Crippen LogP contribution < -0.4 is 5.32 Å². The van der Waals surface area contributed by atoms with Gasteiger partial charge in [0.2, 0.25) is 5.91 Å². The molecule has 7 atom stereocenters. The van der Waals surface area contributed by atoms with Crippen LogP contribution in [-0.2, 0) is 14.3 Å². The largest absolute Gasteiger partial charge is 0.394 e. The fourth-order valence-corrected chi connectivity index (χ4v) is 5.40. The van der Waals surface area contributed by atoms with Crippen LogP contribution in [-0.4, -0.2) is 87.5 Å². The van der Waals surface area contributed by atoms with Crippen LogP contribution in [0, 0.1) is 0 Å². The molecule has 0 spiro atoms. The van der Waals surface area contributed by atoms with Crippen LogP contribution in [0.1, 0.15) is 129 Å². The molecule has 6 N–H and O–H groups in total. The van der Waals surface area contributed by atoms with Crippen LogP contribution in [0.25, 0.3) is 0 Å². The molecule has 1 rings (SSSR count). The minimum Gasteiger partial charge on any atom is -0.394 e. The first-order valence-corrected chi connectivity index (χ1v) is 19.0. The summed E-state index contributed by atoms with van der Waals surface area (Å²) in [5.74, 6) is -0.212. The van der Waals surface area contributed by atoms with Gasteiger partial charge in [0.15, 0.2) is 6.29 Å². The van der Waals surface area contributed by atoms with Gasteiger partial charge in [-0.25, -0.2) is 0 Å². The lowest BCUT2D eigenvalue weighted by atomic mass is 9.99. The number of carbonyl (C=O) groups excluding carboxylic acids is 1. The van der Waals surface area contributed by atoms with Gasteiger partial charge < -0.3 is 40.3 Å². The Kier molecular flexibility index (Phi) is 28.1. The number of aliphatic hydroxyl groups is 5. The highest BCUT2D eigenvalue weighted by Gasteiger charge is 2.44. The smallest absolute Gasteiger partial charge is 0.220 e. The molecule has 0 aromatic rings. The summed E-state index contributed by atoms with van der Waals surface area (Å²) in [6.07, 6.45) is 31.2. The zero-order valence-electron chi connectivity index (χ0n) is 30.4. The van der Waals surface area contributed by atoms with Gasteiger partial charge in [-0.2, -0.15) is 0 Å². The molecule has 7 unspecified atom stereocenters. The molecule has 0 aliphatic carbocycles. The number of hydrogen-bond acceptors (Lipinski definition) is 8. The summed E-state index contributed by atoms with van der Waals surface area (Å²) in [6, 6.07) is -0.834. The standard InChI is InChI=1S/C40H69NO8/c1-3-5-7-9-11-13-15-17-19-21-23-25-27-29-34(43)33(32-48-40-39(47)38(46)37(45)35(31-42)49-40)41-36(44)30-28-26-24-22-20-18-16-14-12-10-8-6-4-2/h8,10-11,13-14,16,19,21,27,29,33-35,37-40,42-43,45-47H,3-7,9,12,15,17-18,20,22-26,28,30-32H2,1-2H3,(H,41,44)/b10-8-,13-11+,16-14-,21-19+,29-27+. The highest BCUT2D eigenvalue weighted by atomic mass is 16.7. The van der Waals surface area contributed by atoms with Gasteiger partial charge in [-0.1, -0.05) is 113 Å². The molecule has 1 aliphatic rings. The van der Waals surface area contributed by atoms with Crippen molar-refractivity contribution in [3.8, 4) is 0 Å². The summed E-state index contributed by atoms with van der Waals surface area (Å²) in [6.45, 7) is 3.60. The molecule has 9 nitrogen and oxygen atoms in total. The first kappa shape index (κ1) is 44.9. The molecule has 1 saturated heterocycles. The number of hydrogen-bond donors (Lipinski definition) is 6. The molecule has 0 bridgehead atoms. The zero-order valence-corrected chi connectivity index (χ0v) is 30.4. The van der Waals surface area contributed by atoms with E-state index in [-0.39, 0.29) is 12.5 Å². The van der Waals surface area contributed by atoms with Crippen molar-refractivity contribution in [2.24, 2.45) is 0 Å². The SMILES string of the molecule is CCC/C=C\C/C=C\CCCCCCCC(=O)NC(COC1OC(CO)C(O)C(O)C1O)C(O)/C=C/CC/C=C/CC/C=C/CCCCC. The van der Waals surface area contributed by atoms with Crippen LogP contribution in [0.3, 0.4) is 0 Å². The molecule has 0 aromatic heterocycles. The summed E-state index contributed by atoms with van der Waals surface area (Å²) in [7, 11) is 0. The number of nitrogens with one attached hydrogen (secondary N) is 1. The van der Waals surface area contributed by atoms with Crippen molar-refractivity contribution in [2.75, 3.05) is 13.2 Å². The molecule has 0 radical (unpaired) electrons. The monoisotopic (exact) mass is 692 g/mol. The highest BCUT2D eigenvalue weighted by Crippen LogP contribution is 2.22. The van der Waals surface area contributed by atoms with Gasteiger partial charge >= 0.3 is 0 Å². The Balaban J connectivity index is 2.52. The third kappa shape index (κ3) is 22.4. The number of unbranched alkanes of at least 4 members (excludes halogenated alkanes) is 11. The molecule has 49 heavy (non-hydrogen) atoms.